The van der Waals surface area contributed by atoms with Crippen LogP contribution < -0.4 is 0 Å². The summed E-state index contributed by atoms with van der Waals surface area (Å²) in [6.07, 6.45) is 3.50. The predicted octanol–water partition coefficient (Wildman–Crippen LogP) is 2.79. The zero-order chi connectivity index (χ0) is 11.6. The number of aryl methyl sites for hydroxylation is 1. The van der Waals surface area contributed by atoms with Crippen LogP contribution in [0.4, 0.5) is 4.39 Å². The minimum absolute atomic E-state index is 0.245. The summed E-state index contributed by atoms with van der Waals surface area (Å²) in [5.41, 5.74) is 0.398. The molecule has 1 nitrogen and oxygen atoms in total. The van der Waals surface area contributed by atoms with Gasteiger partial charge in [-0.15, -0.1) is 0 Å². The van der Waals surface area contributed by atoms with E-state index in [1.165, 1.54) is 6.07 Å². The molecule has 1 fully saturated rings. The summed E-state index contributed by atoms with van der Waals surface area (Å²) < 4.78 is 13.2. The van der Waals surface area contributed by atoms with Crippen LogP contribution in [0.3, 0.4) is 0 Å². The van der Waals surface area contributed by atoms with Gasteiger partial charge in [0, 0.05) is 5.56 Å². The van der Waals surface area contributed by atoms with Gasteiger partial charge in [-0.3, -0.25) is 0 Å². The van der Waals surface area contributed by atoms with E-state index < -0.39 is 5.60 Å². The Morgan fingerprint density at radius 2 is 2.00 bits per heavy atom. The average Bonchev–Trinajstić information content (AvgIpc) is 2.68. The van der Waals surface area contributed by atoms with Crippen molar-refractivity contribution in [2.45, 2.75) is 38.2 Å². The number of hydrogen-bond acceptors (Lipinski definition) is 1. The van der Waals surface area contributed by atoms with Crippen LogP contribution >= 0.6 is 0 Å². The van der Waals surface area contributed by atoms with Gasteiger partial charge in [-0.2, -0.15) is 0 Å². The summed E-state index contributed by atoms with van der Waals surface area (Å²) in [5, 5.41) is 10.0. The van der Waals surface area contributed by atoms with E-state index in [2.05, 4.69) is 11.8 Å². The van der Waals surface area contributed by atoms with Crippen LogP contribution in [-0.4, -0.2) is 10.7 Å². The molecule has 1 N–H and O–H groups in total. The van der Waals surface area contributed by atoms with Crippen LogP contribution in [0.15, 0.2) is 18.2 Å². The zero-order valence-corrected chi connectivity index (χ0v) is 9.39. The van der Waals surface area contributed by atoms with Gasteiger partial charge in [-0.05, 0) is 50.3 Å². The second-order valence-corrected chi connectivity index (χ2v) is 4.45. The molecular formula is C14H15FO. The molecule has 1 aliphatic carbocycles. The van der Waals surface area contributed by atoms with E-state index in [-0.39, 0.29) is 5.82 Å². The van der Waals surface area contributed by atoms with Crippen molar-refractivity contribution in [3.63, 3.8) is 0 Å². The highest BCUT2D eigenvalue weighted by Gasteiger charge is 2.28. The SMILES string of the molecule is Cc1ccc(C#CC2(O)CCCC2)cc1F. The molecule has 2 heteroatoms. The molecule has 0 amide bonds. The van der Waals surface area contributed by atoms with Gasteiger partial charge in [0.25, 0.3) is 0 Å². The minimum Gasteiger partial charge on any atom is -0.378 e. The maximum absolute atomic E-state index is 13.2. The van der Waals surface area contributed by atoms with Gasteiger partial charge in [-0.1, -0.05) is 17.9 Å². The van der Waals surface area contributed by atoms with Crippen molar-refractivity contribution < 1.29 is 9.50 Å². The molecule has 0 unspecified atom stereocenters. The first kappa shape index (κ1) is 11.2. The second kappa shape index (κ2) is 4.27. The maximum atomic E-state index is 13.2. The normalized spacial score (nSPS) is 17.9. The molecule has 16 heavy (non-hydrogen) atoms. The van der Waals surface area contributed by atoms with Gasteiger partial charge in [0.05, 0.1) is 0 Å². The molecule has 1 aliphatic rings. The summed E-state index contributed by atoms with van der Waals surface area (Å²) in [6, 6.07) is 4.91. The van der Waals surface area contributed by atoms with Crippen LogP contribution in [0, 0.1) is 24.6 Å². The number of aliphatic hydroxyl groups is 1. The highest BCUT2D eigenvalue weighted by molar-refractivity contribution is 5.38. The molecule has 0 saturated heterocycles. The number of halogens is 1. The second-order valence-electron chi connectivity index (χ2n) is 4.45. The van der Waals surface area contributed by atoms with Crippen molar-refractivity contribution in [3.05, 3.63) is 35.1 Å². The smallest absolute Gasteiger partial charge is 0.127 e. The first-order chi connectivity index (χ1) is 7.59. The lowest BCUT2D eigenvalue weighted by atomic mass is 10.0. The lowest BCUT2D eigenvalue weighted by Gasteiger charge is -2.12. The van der Waals surface area contributed by atoms with E-state index in [4.69, 9.17) is 0 Å². The highest BCUT2D eigenvalue weighted by atomic mass is 19.1. The Morgan fingerprint density at radius 3 is 2.62 bits per heavy atom. The molecule has 2 rings (SSSR count). The van der Waals surface area contributed by atoms with Crippen molar-refractivity contribution in [3.8, 4) is 11.8 Å². The van der Waals surface area contributed by atoms with Crippen LogP contribution in [0.1, 0.15) is 36.8 Å². The van der Waals surface area contributed by atoms with Gasteiger partial charge >= 0.3 is 0 Å². The molecule has 1 aromatic rings. The van der Waals surface area contributed by atoms with E-state index >= 15 is 0 Å². The summed E-state index contributed by atoms with van der Waals surface area (Å²) in [4.78, 5) is 0. The molecule has 0 heterocycles. The quantitative estimate of drug-likeness (QED) is 0.664. The van der Waals surface area contributed by atoms with E-state index in [0.717, 1.165) is 25.7 Å². The van der Waals surface area contributed by atoms with Gasteiger partial charge in [0.1, 0.15) is 11.4 Å². The maximum Gasteiger partial charge on any atom is 0.127 e. The average molecular weight is 218 g/mol. The standard InChI is InChI=1S/C14H15FO/c1-11-4-5-12(10-13(11)15)6-9-14(16)7-2-3-8-14/h4-5,10,16H,2-3,7-8H2,1H3. The van der Waals surface area contributed by atoms with Gasteiger partial charge in [0.15, 0.2) is 0 Å². The van der Waals surface area contributed by atoms with E-state index in [1.807, 2.05) is 0 Å². The predicted molar refractivity (Wildman–Crippen MR) is 61.4 cm³/mol. The van der Waals surface area contributed by atoms with Crippen molar-refractivity contribution in [2.24, 2.45) is 0 Å². The number of benzene rings is 1. The number of hydrogen-bond donors (Lipinski definition) is 1. The molecule has 1 saturated carbocycles. The fourth-order valence-corrected chi connectivity index (χ4v) is 1.94. The summed E-state index contributed by atoms with van der Waals surface area (Å²) in [6.45, 7) is 1.72. The van der Waals surface area contributed by atoms with Gasteiger partial charge in [-0.25, -0.2) is 4.39 Å². The summed E-state index contributed by atoms with van der Waals surface area (Å²) in [5.74, 6) is 5.47. The fraction of sp³-hybridized carbons (Fsp3) is 0.429. The van der Waals surface area contributed by atoms with Crippen molar-refractivity contribution in [1.29, 1.82) is 0 Å². The third-order valence-corrected chi connectivity index (χ3v) is 3.04. The minimum atomic E-state index is -0.846. The Kier molecular flexibility index (Phi) is 2.98. The zero-order valence-electron chi connectivity index (χ0n) is 9.39. The fourth-order valence-electron chi connectivity index (χ4n) is 1.94. The molecule has 0 bridgehead atoms. The molecule has 0 atom stereocenters. The Morgan fingerprint density at radius 1 is 1.31 bits per heavy atom. The highest BCUT2D eigenvalue weighted by Crippen LogP contribution is 2.28. The van der Waals surface area contributed by atoms with Crippen molar-refractivity contribution in [2.75, 3.05) is 0 Å². The largest absolute Gasteiger partial charge is 0.378 e. The van der Waals surface area contributed by atoms with Crippen LogP contribution in [0.2, 0.25) is 0 Å². The third kappa shape index (κ3) is 2.43. The lowest BCUT2D eigenvalue weighted by molar-refractivity contribution is 0.110. The molecule has 0 spiro atoms. The molecule has 1 aromatic carbocycles. The molecule has 0 aliphatic heterocycles. The van der Waals surface area contributed by atoms with Crippen LogP contribution in [0.25, 0.3) is 0 Å². The molecular weight excluding hydrogens is 203 g/mol. The van der Waals surface area contributed by atoms with E-state index in [9.17, 15) is 9.50 Å². The van der Waals surface area contributed by atoms with Crippen molar-refractivity contribution in [1.82, 2.24) is 0 Å². The Bertz CT molecular complexity index is 448. The van der Waals surface area contributed by atoms with E-state index in [0.29, 0.717) is 11.1 Å². The van der Waals surface area contributed by atoms with Gasteiger partial charge < -0.3 is 5.11 Å². The molecule has 0 radical (unpaired) electrons. The van der Waals surface area contributed by atoms with Crippen molar-refractivity contribution >= 4 is 0 Å². The Balaban J connectivity index is 2.20. The first-order valence-corrected chi connectivity index (χ1v) is 5.61. The third-order valence-electron chi connectivity index (χ3n) is 3.04. The molecule has 0 aromatic heterocycles. The van der Waals surface area contributed by atoms with E-state index in [1.54, 1.807) is 19.1 Å². The monoisotopic (exact) mass is 218 g/mol. The topological polar surface area (TPSA) is 20.2 Å². The first-order valence-electron chi connectivity index (χ1n) is 5.61. The Labute approximate surface area is 95.3 Å². The summed E-state index contributed by atoms with van der Waals surface area (Å²) >= 11 is 0. The number of rotatable bonds is 0. The Hall–Kier alpha value is -1.33. The lowest BCUT2D eigenvalue weighted by Crippen LogP contribution is -2.20. The summed E-state index contributed by atoms with van der Waals surface area (Å²) in [7, 11) is 0. The van der Waals surface area contributed by atoms with Gasteiger partial charge in [0.2, 0.25) is 0 Å². The van der Waals surface area contributed by atoms with Crippen LogP contribution in [0.5, 0.6) is 0 Å². The molecule has 84 valence electrons. The van der Waals surface area contributed by atoms with Crippen LogP contribution in [-0.2, 0) is 0 Å².